The van der Waals surface area contributed by atoms with Crippen LogP contribution in [0.2, 0.25) is 0 Å². The molecule has 22 heavy (non-hydrogen) atoms. The van der Waals surface area contributed by atoms with Gasteiger partial charge < -0.3 is 24.3 Å². The van der Waals surface area contributed by atoms with Gasteiger partial charge in [0.25, 0.3) is 5.85 Å². The molecule has 0 aromatic heterocycles. The summed E-state index contributed by atoms with van der Waals surface area (Å²) in [5.41, 5.74) is 0. The van der Waals surface area contributed by atoms with E-state index in [2.05, 4.69) is 24.3 Å². The van der Waals surface area contributed by atoms with E-state index in [9.17, 15) is 22.5 Å². The number of alkyl halides is 2. The maximum atomic E-state index is 13.7. The SMILES string of the molecule is C#C[C@H](F)[C@@](F)(COP(=O)(O)OP(=O)(O)OP(=O)(O)O)OC. The number of phosphoric ester groups is 1. The maximum absolute atomic E-state index is 13.7. The molecular formula is C6H11F2O11P3. The first-order valence-corrected chi connectivity index (χ1v) is 9.31. The Bertz CT molecular complexity index is 569. The lowest BCUT2D eigenvalue weighted by Gasteiger charge is -2.25. The van der Waals surface area contributed by atoms with Gasteiger partial charge in [0.05, 0.1) is 0 Å². The van der Waals surface area contributed by atoms with Gasteiger partial charge in [-0.05, 0) is 0 Å². The summed E-state index contributed by atoms with van der Waals surface area (Å²) in [6.07, 6.45) is 1.86. The number of phosphoric acid groups is 3. The second-order valence-corrected chi connectivity index (χ2v) is 7.80. The number of terminal acetylenes is 1. The van der Waals surface area contributed by atoms with Crippen molar-refractivity contribution in [3.63, 3.8) is 0 Å². The summed E-state index contributed by atoms with van der Waals surface area (Å²) >= 11 is 0. The zero-order valence-electron chi connectivity index (χ0n) is 10.6. The normalized spacial score (nSPS) is 21.9. The fourth-order valence-electron chi connectivity index (χ4n) is 0.833. The van der Waals surface area contributed by atoms with Crippen LogP contribution in [-0.2, 0) is 31.6 Å². The zero-order chi connectivity index (χ0) is 17.8. The van der Waals surface area contributed by atoms with E-state index in [0.717, 1.165) is 0 Å². The third-order valence-electron chi connectivity index (χ3n) is 1.70. The molecule has 0 radical (unpaired) electrons. The molecule has 0 saturated carbocycles. The van der Waals surface area contributed by atoms with Crippen molar-refractivity contribution >= 4 is 23.5 Å². The molecule has 0 aliphatic rings. The van der Waals surface area contributed by atoms with Gasteiger partial charge in [0.15, 0.2) is 0 Å². The van der Waals surface area contributed by atoms with Crippen molar-refractivity contribution in [2.24, 2.45) is 0 Å². The Morgan fingerprint density at radius 1 is 1.18 bits per heavy atom. The van der Waals surface area contributed by atoms with Crippen molar-refractivity contribution in [2.45, 2.75) is 12.0 Å². The second kappa shape index (κ2) is 7.57. The third kappa shape index (κ3) is 7.87. The highest BCUT2D eigenvalue weighted by Crippen LogP contribution is 2.66. The van der Waals surface area contributed by atoms with E-state index in [1.54, 1.807) is 0 Å². The summed E-state index contributed by atoms with van der Waals surface area (Å²) in [5.74, 6) is -2.11. The zero-order valence-corrected chi connectivity index (χ0v) is 13.3. The molecule has 4 N–H and O–H groups in total. The predicted octanol–water partition coefficient (Wildman–Crippen LogP) is 0.613. The van der Waals surface area contributed by atoms with E-state index < -0.39 is 42.1 Å². The molecule has 0 aromatic rings. The lowest BCUT2D eigenvalue weighted by Crippen LogP contribution is -2.40. The smallest absolute Gasteiger partial charge is 0.344 e. The van der Waals surface area contributed by atoms with E-state index >= 15 is 0 Å². The Morgan fingerprint density at radius 2 is 1.68 bits per heavy atom. The van der Waals surface area contributed by atoms with Gasteiger partial charge in [0.2, 0.25) is 6.17 Å². The van der Waals surface area contributed by atoms with Crippen LogP contribution in [0.25, 0.3) is 0 Å². The Kier molecular flexibility index (Phi) is 7.50. The van der Waals surface area contributed by atoms with Gasteiger partial charge in [0, 0.05) is 7.11 Å². The Balaban J connectivity index is 4.93. The molecule has 4 atom stereocenters. The average molecular weight is 390 g/mol. The highest BCUT2D eigenvalue weighted by atomic mass is 31.3. The van der Waals surface area contributed by atoms with Crippen LogP contribution >= 0.6 is 23.5 Å². The molecule has 0 aliphatic heterocycles. The van der Waals surface area contributed by atoms with E-state index in [0.29, 0.717) is 7.11 Å². The van der Waals surface area contributed by atoms with Crippen LogP contribution < -0.4 is 0 Å². The van der Waals surface area contributed by atoms with Gasteiger partial charge >= 0.3 is 23.5 Å². The Hall–Kier alpha value is -0.210. The molecule has 130 valence electrons. The molecule has 0 saturated heterocycles. The van der Waals surface area contributed by atoms with Gasteiger partial charge in [-0.1, -0.05) is 5.92 Å². The molecule has 0 aliphatic carbocycles. The Labute approximate surface area is 122 Å². The minimum atomic E-state index is -5.76. The number of halogens is 2. The summed E-state index contributed by atoms with van der Waals surface area (Å²) in [7, 11) is -16.3. The third-order valence-corrected chi connectivity index (χ3v) is 5.49. The standard InChI is InChI=1S/C6H11F2O11P3/c1-3-5(7)6(8,16-2)4-17-21(12,13)19-22(14,15)18-20(9,10)11/h1,5H,4H2,2H3,(H,12,13)(H,14,15)(H2,9,10,11)/t5-,6+/m0/s1. The van der Waals surface area contributed by atoms with E-state index in [1.165, 1.54) is 5.92 Å². The monoisotopic (exact) mass is 390 g/mol. The highest BCUT2D eigenvalue weighted by molar-refractivity contribution is 7.66. The molecular weight excluding hydrogens is 379 g/mol. The topological polar surface area (TPSA) is 169 Å². The van der Waals surface area contributed by atoms with Crippen LogP contribution in [0, 0.1) is 12.3 Å². The minimum absolute atomic E-state index is 0.643. The Morgan fingerprint density at radius 3 is 2.05 bits per heavy atom. The molecule has 2 unspecified atom stereocenters. The first-order chi connectivity index (χ1) is 9.66. The van der Waals surface area contributed by atoms with Crippen LogP contribution in [-0.4, -0.2) is 45.3 Å². The molecule has 0 spiro atoms. The van der Waals surface area contributed by atoms with Gasteiger partial charge in [-0.2, -0.15) is 8.62 Å². The molecule has 0 amide bonds. The fourth-order valence-corrected chi connectivity index (χ4v) is 3.87. The van der Waals surface area contributed by atoms with E-state index in [1.807, 2.05) is 0 Å². The molecule has 0 bridgehead atoms. The minimum Gasteiger partial charge on any atom is -0.344 e. The largest absolute Gasteiger partial charge is 0.490 e. The van der Waals surface area contributed by atoms with Gasteiger partial charge in [-0.3, -0.25) is 4.52 Å². The lowest BCUT2D eigenvalue weighted by molar-refractivity contribution is -0.175. The first-order valence-electron chi connectivity index (χ1n) is 4.79. The van der Waals surface area contributed by atoms with Crippen molar-refractivity contribution < 1.29 is 59.9 Å². The number of ether oxygens (including phenoxy) is 1. The second-order valence-electron chi connectivity index (χ2n) is 3.38. The van der Waals surface area contributed by atoms with Crippen molar-refractivity contribution in [3.05, 3.63) is 0 Å². The van der Waals surface area contributed by atoms with Crippen molar-refractivity contribution in [1.29, 1.82) is 0 Å². The number of methoxy groups -OCH3 is 1. The van der Waals surface area contributed by atoms with Crippen LogP contribution in [0.4, 0.5) is 8.78 Å². The van der Waals surface area contributed by atoms with E-state index in [-0.39, 0.29) is 0 Å². The van der Waals surface area contributed by atoms with E-state index in [4.69, 9.17) is 19.6 Å². The highest BCUT2D eigenvalue weighted by Gasteiger charge is 2.45. The molecule has 0 heterocycles. The summed E-state index contributed by atoms with van der Waals surface area (Å²) in [5, 5.41) is 0. The number of hydrogen-bond donors (Lipinski definition) is 4. The van der Waals surface area contributed by atoms with Crippen molar-refractivity contribution in [1.82, 2.24) is 0 Å². The quantitative estimate of drug-likeness (QED) is 0.321. The molecule has 0 aromatic carbocycles. The lowest BCUT2D eigenvalue weighted by atomic mass is 10.2. The van der Waals surface area contributed by atoms with Gasteiger partial charge in [-0.25, -0.2) is 22.5 Å². The van der Waals surface area contributed by atoms with Crippen LogP contribution in [0.3, 0.4) is 0 Å². The van der Waals surface area contributed by atoms with Crippen LogP contribution in [0.15, 0.2) is 0 Å². The van der Waals surface area contributed by atoms with Gasteiger partial charge in [-0.15, -0.1) is 6.42 Å². The van der Waals surface area contributed by atoms with Crippen LogP contribution in [0.1, 0.15) is 0 Å². The van der Waals surface area contributed by atoms with Crippen LogP contribution in [0.5, 0.6) is 0 Å². The molecule has 0 fully saturated rings. The molecule has 11 nitrogen and oxygen atoms in total. The predicted molar refractivity (Wildman–Crippen MR) is 64.4 cm³/mol. The first kappa shape index (κ1) is 21.8. The number of rotatable bonds is 9. The summed E-state index contributed by atoms with van der Waals surface area (Å²) in [6, 6.07) is 0. The average Bonchev–Trinajstić information content (AvgIpc) is 2.30. The fraction of sp³-hybridized carbons (Fsp3) is 0.667. The van der Waals surface area contributed by atoms with Crippen molar-refractivity contribution in [3.8, 4) is 12.3 Å². The van der Waals surface area contributed by atoms with Crippen molar-refractivity contribution in [2.75, 3.05) is 13.7 Å². The molecule has 0 rings (SSSR count). The van der Waals surface area contributed by atoms with Gasteiger partial charge in [0.1, 0.15) is 6.61 Å². The number of hydrogen-bond acceptors (Lipinski definition) is 7. The summed E-state index contributed by atoms with van der Waals surface area (Å²) < 4.78 is 73.8. The maximum Gasteiger partial charge on any atom is 0.490 e. The summed E-state index contributed by atoms with van der Waals surface area (Å²) in [6.45, 7) is -1.65. The molecule has 16 heteroatoms. The summed E-state index contributed by atoms with van der Waals surface area (Å²) in [4.78, 5) is 34.3.